The van der Waals surface area contributed by atoms with E-state index in [0.29, 0.717) is 6.33 Å². The van der Waals surface area contributed by atoms with Gasteiger partial charge in [-0.2, -0.15) is 0 Å². The highest BCUT2D eigenvalue weighted by Crippen LogP contribution is 2.06. The molecule has 0 aliphatic heterocycles. The van der Waals surface area contributed by atoms with Gasteiger partial charge in [-0.3, -0.25) is 0 Å². The van der Waals surface area contributed by atoms with Gasteiger partial charge >= 0.3 is 0 Å². The first-order valence-electron chi connectivity index (χ1n) is 3.72. The van der Waals surface area contributed by atoms with Crippen LogP contribution in [-0.4, -0.2) is 0 Å². The molecule has 0 saturated heterocycles. The summed E-state index contributed by atoms with van der Waals surface area (Å²) in [5.74, 6) is 0. The third-order valence-electron chi connectivity index (χ3n) is 1.64. The van der Waals surface area contributed by atoms with Gasteiger partial charge in [0.25, 0.3) is 0 Å². The fourth-order valence-electron chi connectivity index (χ4n) is 0.937. The van der Waals surface area contributed by atoms with Crippen LogP contribution in [0.1, 0.15) is 18.1 Å². The summed E-state index contributed by atoms with van der Waals surface area (Å²) in [6.45, 7) is 2.10. The van der Waals surface area contributed by atoms with Crippen LogP contribution in [0.15, 0.2) is 30.6 Å². The molecule has 0 heterocycles. The lowest BCUT2D eigenvalue weighted by molar-refractivity contribution is 0.727. The fourth-order valence-corrected chi connectivity index (χ4v) is 0.937. The monoisotopic (exact) mass is 150 g/mol. The minimum Gasteiger partial charge on any atom is -0.216 e. The lowest BCUT2D eigenvalue weighted by atomic mass is 10.1. The van der Waals surface area contributed by atoms with Gasteiger partial charge < -0.3 is 0 Å². The molecule has 0 fully saturated rings. The Morgan fingerprint density at radius 2 is 1.91 bits per heavy atom. The molecule has 0 aromatic heterocycles. The Hall–Kier alpha value is -1.11. The van der Waals surface area contributed by atoms with Crippen LogP contribution in [0.4, 0.5) is 4.39 Å². The SMILES string of the molecule is CCc1ccc(C=CF)cc1. The van der Waals surface area contributed by atoms with Crippen molar-refractivity contribution >= 4 is 6.08 Å². The van der Waals surface area contributed by atoms with Crippen LogP contribution in [0.2, 0.25) is 0 Å². The molecule has 0 spiro atoms. The Morgan fingerprint density at radius 1 is 1.27 bits per heavy atom. The van der Waals surface area contributed by atoms with Crippen molar-refractivity contribution in [2.75, 3.05) is 0 Å². The van der Waals surface area contributed by atoms with Gasteiger partial charge in [-0.15, -0.1) is 0 Å². The van der Waals surface area contributed by atoms with E-state index in [1.807, 2.05) is 24.3 Å². The van der Waals surface area contributed by atoms with Gasteiger partial charge in [0, 0.05) is 0 Å². The molecule has 0 radical (unpaired) electrons. The van der Waals surface area contributed by atoms with Gasteiger partial charge in [0.15, 0.2) is 0 Å². The smallest absolute Gasteiger partial charge is 0.0872 e. The van der Waals surface area contributed by atoms with E-state index in [1.54, 1.807) is 0 Å². The van der Waals surface area contributed by atoms with Gasteiger partial charge in [0.1, 0.15) is 0 Å². The average Bonchev–Trinajstić information content (AvgIpc) is 2.07. The Bertz CT molecular complexity index is 234. The lowest BCUT2D eigenvalue weighted by Gasteiger charge is -1.95. The summed E-state index contributed by atoms with van der Waals surface area (Å²) < 4.78 is 11.7. The fraction of sp³-hybridized carbons (Fsp3) is 0.200. The van der Waals surface area contributed by atoms with Gasteiger partial charge in [-0.1, -0.05) is 31.2 Å². The first-order valence-corrected chi connectivity index (χ1v) is 3.72. The maximum atomic E-state index is 11.7. The molecular weight excluding hydrogens is 139 g/mol. The Labute approximate surface area is 66.4 Å². The second kappa shape index (κ2) is 3.91. The number of aryl methyl sites for hydroxylation is 1. The maximum Gasteiger partial charge on any atom is 0.0872 e. The van der Waals surface area contributed by atoms with Crippen LogP contribution >= 0.6 is 0 Å². The minimum atomic E-state index is 0.557. The van der Waals surface area contributed by atoms with Crippen LogP contribution in [-0.2, 0) is 6.42 Å². The summed E-state index contributed by atoms with van der Waals surface area (Å²) in [6, 6.07) is 7.84. The second-order valence-corrected chi connectivity index (χ2v) is 2.39. The lowest BCUT2D eigenvalue weighted by Crippen LogP contribution is -1.78. The average molecular weight is 150 g/mol. The van der Waals surface area contributed by atoms with Gasteiger partial charge in [-0.05, 0) is 23.6 Å². The predicted molar refractivity (Wildman–Crippen MR) is 46.0 cm³/mol. The van der Waals surface area contributed by atoms with Crippen molar-refractivity contribution in [3.63, 3.8) is 0 Å². The number of rotatable bonds is 2. The zero-order chi connectivity index (χ0) is 8.10. The molecule has 1 rings (SSSR count). The molecule has 0 unspecified atom stereocenters. The standard InChI is InChI=1S/C10H11F/c1-2-9-3-5-10(6-4-9)7-8-11/h3-8H,2H2,1H3. The molecule has 1 aromatic rings. The number of hydrogen-bond donors (Lipinski definition) is 0. The minimum absolute atomic E-state index is 0.557. The summed E-state index contributed by atoms with van der Waals surface area (Å²) in [7, 11) is 0. The molecule has 11 heavy (non-hydrogen) atoms. The van der Waals surface area contributed by atoms with Crippen molar-refractivity contribution in [1.82, 2.24) is 0 Å². The Kier molecular flexibility index (Phi) is 2.84. The van der Waals surface area contributed by atoms with E-state index in [1.165, 1.54) is 11.6 Å². The predicted octanol–water partition coefficient (Wildman–Crippen LogP) is 3.19. The maximum absolute atomic E-state index is 11.7. The molecule has 1 heteroatoms. The van der Waals surface area contributed by atoms with E-state index in [0.717, 1.165) is 12.0 Å². The molecule has 0 saturated carbocycles. The molecule has 0 amide bonds. The van der Waals surface area contributed by atoms with E-state index in [2.05, 4.69) is 6.92 Å². The van der Waals surface area contributed by atoms with Gasteiger partial charge in [0.05, 0.1) is 6.33 Å². The first kappa shape index (κ1) is 7.99. The summed E-state index contributed by atoms with van der Waals surface area (Å²) >= 11 is 0. The molecule has 0 N–H and O–H groups in total. The van der Waals surface area contributed by atoms with E-state index in [-0.39, 0.29) is 0 Å². The summed E-state index contributed by atoms with van der Waals surface area (Å²) in [4.78, 5) is 0. The molecule has 0 atom stereocenters. The second-order valence-electron chi connectivity index (χ2n) is 2.39. The van der Waals surface area contributed by atoms with E-state index in [4.69, 9.17) is 0 Å². The summed E-state index contributed by atoms with van der Waals surface area (Å²) in [5.41, 5.74) is 2.19. The van der Waals surface area contributed by atoms with E-state index >= 15 is 0 Å². The van der Waals surface area contributed by atoms with Crippen molar-refractivity contribution < 1.29 is 4.39 Å². The van der Waals surface area contributed by atoms with Crippen LogP contribution in [0.5, 0.6) is 0 Å². The largest absolute Gasteiger partial charge is 0.216 e. The molecule has 0 nitrogen and oxygen atoms in total. The highest BCUT2D eigenvalue weighted by atomic mass is 19.1. The number of halogens is 1. The van der Waals surface area contributed by atoms with E-state index in [9.17, 15) is 4.39 Å². The van der Waals surface area contributed by atoms with Crippen LogP contribution < -0.4 is 0 Å². The normalized spacial score (nSPS) is 10.7. The molecule has 0 bridgehead atoms. The highest BCUT2D eigenvalue weighted by Gasteiger charge is 1.87. The summed E-state index contributed by atoms with van der Waals surface area (Å²) in [6.07, 6.45) is 3.03. The van der Waals surface area contributed by atoms with Crippen molar-refractivity contribution in [3.05, 3.63) is 41.7 Å². The van der Waals surface area contributed by atoms with Crippen LogP contribution in [0.3, 0.4) is 0 Å². The van der Waals surface area contributed by atoms with Crippen LogP contribution in [0, 0.1) is 0 Å². The van der Waals surface area contributed by atoms with Crippen molar-refractivity contribution in [2.24, 2.45) is 0 Å². The number of benzene rings is 1. The molecule has 58 valence electrons. The third-order valence-corrected chi connectivity index (χ3v) is 1.64. The highest BCUT2D eigenvalue weighted by molar-refractivity contribution is 5.48. The molecule has 0 aliphatic rings. The molecule has 1 aromatic carbocycles. The van der Waals surface area contributed by atoms with Gasteiger partial charge in [-0.25, -0.2) is 4.39 Å². The topological polar surface area (TPSA) is 0 Å². The molecular formula is C10H11F. The Balaban J connectivity index is 2.82. The van der Waals surface area contributed by atoms with Gasteiger partial charge in [0.2, 0.25) is 0 Å². The van der Waals surface area contributed by atoms with E-state index < -0.39 is 0 Å². The van der Waals surface area contributed by atoms with Crippen molar-refractivity contribution in [2.45, 2.75) is 13.3 Å². The molecule has 0 aliphatic carbocycles. The van der Waals surface area contributed by atoms with Crippen LogP contribution in [0.25, 0.3) is 6.08 Å². The zero-order valence-electron chi connectivity index (χ0n) is 6.55. The first-order chi connectivity index (χ1) is 5.36. The number of hydrogen-bond acceptors (Lipinski definition) is 0. The summed E-state index contributed by atoms with van der Waals surface area (Å²) in [5, 5.41) is 0. The third kappa shape index (κ3) is 2.19. The van der Waals surface area contributed by atoms with Crippen molar-refractivity contribution in [3.8, 4) is 0 Å². The quantitative estimate of drug-likeness (QED) is 0.607. The van der Waals surface area contributed by atoms with Crippen molar-refractivity contribution in [1.29, 1.82) is 0 Å². The zero-order valence-corrected chi connectivity index (χ0v) is 6.55. The Morgan fingerprint density at radius 3 is 2.36 bits per heavy atom.